The minimum Gasteiger partial charge on any atom is -0.497 e. The molecule has 1 aromatic heterocycles. The summed E-state index contributed by atoms with van der Waals surface area (Å²) in [7, 11) is 1.61. The molecule has 0 saturated heterocycles. The van der Waals surface area contributed by atoms with Gasteiger partial charge < -0.3 is 15.4 Å². The molecule has 0 aliphatic heterocycles. The molecule has 6 nitrogen and oxygen atoms in total. The largest absolute Gasteiger partial charge is 0.497 e. The number of hydrogen-bond donors (Lipinski definition) is 2. The highest BCUT2D eigenvalue weighted by Gasteiger charge is 2.12. The third-order valence-electron chi connectivity index (χ3n) is 4.15. The van der Waals surface area contributed by atoms with E-state index in [-0.39, 0.29) is 11.6 Å². The van der Waals surface area contributed by atoms with E-state index in [1.165, 1.54) is 0 Å². The normalized spacial score (nSPS) is 10.4. The summed E-state index contributed by atoms with van der Waals surface area (Å²) in [5.41, 5.74) is 5.09. The van der Waals surface area contributed by atoms with E-state index in [0.717, 1.165) is 33.8 Å². The number of aromatic nitrogens is 2. The summed E-state index contributed by atoms with van der Waals surface area (Å²) in [5, 5.41) is 14.2. The molecule has 0 aliphatic carbocycles. The van der Waals surface area contributed by atoms with E-state index < -0.39 is 0 Å². The summed E-state index contributed by atoms with van der Waals surface area (Å²) < 4.78 is 5.20. The number of carbonyl (C=O) groups excluding carboxylic acids is 1. The van der Waals surface area contributed by atoms with Crippen LogP contribution in [0, 0.1) is 20.8 Å². The third kappa shape index (κ3) is 4.41. The average Bonchev–Trinajstić information content (AvgIpc) is 2.65. The van der Waals surface area contributed by atoms with Crippen molar-refractivity contribution in [2.24, 2.45) is 0 Å². The lowest BCUT2D eigenvalue weighted by Crippen LogP contribution is -2.16. The highest BCUT2D eigenvalue weighted by molar-refractivity contribution is 6.03. The first-order valence-electron chi connectivity index (χ1n) is 8.60. The maximum atomic E-state index is 12.5. The predicted molar refractivity (Wildman–Crippen MR) is 107 cm³/mol. The van der Waals surface area contributed by atoms with Crippen LogP contribution in [0.2, 0.25) is 0 Å². The standard InChI is InChI=1S/C21H22N4O2/c1-13-10-14(2)20(15(3)11-13)23-21(26)18-8-9-19(25-24-18)22-16-6-5-7-17(12-16)27-4/h5-12H,1-4H3,(H,22,25)(H,23,26). The summed E-state index contributed by atoms with van der Waals surface area (Å²) in [6.07, 6.45) is 0. The van der Waals surface area contributed by atoms with Gasteiger partial charge in [0, 0.05) is 17.4 Å². The van der Waals surface area contributed by atoms with Crippen molar-refractivity contribution in [1.29, 1.82) is 0 Å². The molecule has 138 valence electrons. The second-order valence-corrected chi connectivity index (χ2v) is 6.39. The monoisotopic (exact) mass is 362 g/mol. The SMILES string of the molecule is COc1cccc(Nc2ccc(C(=O)Nc3c(C)cc(C)cc3C)nn2)c1. The van der Waals surface area contributed by atoms with E-state index >= 15 is 0 Å². The highest BCUT2D eigenvalue weighted by atomic mass is 16.5. The third-order valence-corrected chi connectivity index (χ3v) is 4.15. The first kappa shape index (κ1) is 18.4. The first-order valence-corrected chi connectivity index (χ1v) is 8.60. The van der Waals surface area contributed by atoms with Gasteiger partial charge >= 0.3 is 0 Å². The summed E-state index contributed by atoms with van der Waals surface area (Å²) in [6, 6.07) is 14.9. The van der Waals surface area contributed by atoms with Crippen LogP contribution in [0.3, 0.4) is 0 Å². The van der Waals surface area contributed by atoms with Gasteiger partial charge in [0.1, 0.15) is 5.75 Å². The van der Waals surface area contributed by atoms with E-state index in [1.807, 2.05) is 57.2 Å². The van der Waals surface area contributed by atoms with E-state index in [1.54, 1.807) is 19.2 Å². The molecule has 2 aromatic carbocycles. The zero-order valence-corrected chi connectivity index (χ0v) is 15.8. The van der Waals surface area contributed by atoms with Crippen molar-refractivity contribution < 1.29 is 9.53 Å². The maximum Gasteiger partial charge on any atom is 0.276 e. The molecule has 1 heterocycles. The van der Waals surface area contributed by atoms with Crippen LogP contribution in [-0.2, 0) is 0 Å². The number of amides is 1. The Morgan fingerprint density at radius 2 is 1.70 bits per heavy atom. The quantitative estimate of drug-likeness (QED) is 0.703. The Balaban J connectivity index is 1.72. The predicted octanol–water partition coefficient (Wildman–Crippen LogP) is 4.41. The molecule has 0 fully saturated rings. The van der Waals surface area contributed by atoms with Crippen LogP contribution in [0.15, 0.2) is 48.5 Å². The lowest BCUT2D eigenvalue weighted by atomic mass is 10.1. The average molecular weight is 362 g/mol. The Morgan fingerprint density at radius 1 is 0.963 bits per heavy atom. The molecule has 0 bridgehead atoms. The molecule has 0 spiro atoms. The second kappa shape index (κ2) is 7.86. The number of aryl methyl sites for hydroxylation is 3. The Morgan fingerprint density at radius 3 is 2.33 bits per heavy atom. The summed E-state index contributed by atoms with van der Waals surface area (Å²) in [4.78, 5) is 12.5. The molecular formula is C21H22N4O2. The van der Waals surface area contributed by atoms with Crippen molar-refractivity contribution in [2.75, 3.05) is 17.7 Å². The molecule has 0 unspecified atom stereocenters. The van der Waals surface area contributed by atoms with Crippen molar-refractivity contribution in [3.8, 4) is 5.75 Å². The van der Waals surface area contributed by atoms with Gasteiger partial charge in [0.05, 0.1) is 7.11 Å². The smallest absolute Gasteiger partial charge is 0.276 e. The van der Waals surface area contributed by atoms with Gasteiger partial charge in [0.2, 0.25) is 0 Å². The van der Waals surface area contributed by atoms with Gasteiger partial charge in [-0.05, 0) is 56.2 Å². The Bertz CT molecular complexity index is 945. The van der Waals surface area contributed by atoms with Gasteiger partial charge in [0.25, 0.3) is 5.91 Å². The van der Waals surface area contributed by atoms with Crippen molar-refractivity contribution in [1.82, 2.24) is 10.2 Å². The van der Waals surface area contributed by atoms with Crippen LogP contribution >= 0.6 is 0 Å². The zero-order chi connectivity index (χ0) is 19.4. The fourth-order valence-electron chi connectivity index (χ4n) is 2.92. The molecule has 3 rings (SSSR count). The van der Waals surface area contributed by atoms with Crippen LogP contribution in [0.4, 0.5) is 17.2 Å². The summed E-state index contributed by atoms with van der Waals surface area (Å²) in [5.74, 6) is 1.00. The molecule has 0 saturated carbocycles. The van der Waals surface area contributed by atoms with Crippen molar-refractivity contribution >= 4 is 23.1 Å². The maximum absolute atomic E-state index is 12.5. The van der Waals surface area contributed by atoms with Crippen molar-refractivity contribution in [3.05, 3.63) is 70.9 Å². The van der Waals surface area contributed by atoms with E-state index in [4.69, 9.17) is 4.74 Å². The van der Waals surface area contributed by atoms with E-state index in [2.05, 4.69) is 20.8 Å². The lowest BCUT2D eigenvalue weighted by molar-refractivity contribution is 0.102. The van der Waals surface area contributed by atoms with Crippen molar-refractivity contribution in [2.45, 2.75) is 20.8 Å². The van der Waals surface area contributed by atoms with Crippen LogP contribution in [0.25, 0.3) is 0 Å². The van der Waals surface area contributed by atoms with Crippen LogP contribution in [0.1, 0.15) is 27.2 Å². The molecule has 2 N–H and O–H groups in total. The molecular weight excluding hydrogens is 340 g/mol. The number of hydrogen-bond acceptors (Lipinski definition) is 5. The Hall–Kier alpha value is -3.41. The topological polar surface area (TPSA) is 76.1 Å². The number of rotatable bonds is 5. The number of ether oxygens (including phenoxy) is 1. The van der Waals surface area contributed by atoms with Crippen LogP contribution in [-0.4, -0.2) is 23.2 Å². The van der Waals surface area contributed by atoms with E-state index in [9.17, 15) is 4.79 Å². The van der Waals surface area contributed by atoms with Crippen LogP contribution in [0.5, 0.6) is 5.75 Å². The number of anilines is 3. The van der Waals surface area contributed by atoms with Gasteiger partial charge in [-0.3, -0.25) is 4.79 Å². The fraction of sp³-hybridized carbons (Fsp3) is 0.190. The lowest BCUT2D eigenvalue weighted by Gasteiger charge is -2.12. The number of benzene rings is 2. The molecule has 0 radical (unpaired) electrons. The van der Waals surface area contributed by atoms with Gasteiger partial charge in [-0.2, -0.15) is 0 Å². The van der Waals surface area contributed by atoms with Gasteiger partial charge in [-0.25, -0.2) is 0 Å². The van der Waals surface area contributed by atoms with Gasteiger partial charge in [0.15, 0.2) is 11.5 Å². The minimum absolute atomic E-state index is 0.255. The summed E-state index contributed by atoms with van der Waals surface area (Å²) in [6.45, 7) is 5.98. The molecule has 27 heavy (non-hydrogen) atoms. The minimum atomic E-state index is -0.287. The first-order chi connectivity index (χ1) is 13.0. The Kier molecular flexibility index (Phi) is 5.35. The molecule has 3 aromatic rings. The fourth-order valence-corrected chi connectivity index (χ4v) is 2.92. The number of nitrogens with one attached hydrogen (secondary N) is 2. The Labute approximate surface area is 158 Å². The molecule has 1 amide bonds. The second-order valence-electron chi connectivity index (χ2n) is 6.39. The molecule has 0 atom stereocenters. The van der Waals surface area contributed by atoms with Crippen molar-refractivity contribution in [3.63, 3.8) is 0 Å². The van der Waals surface area contributed by atoms with E-state index in [0.29, 0.717) is 5.82 Å². The number of nitrogens with zero attached hydrogens (tertiary/aromatic N) is 2. The van der Waals surface area contributed by atoms with Gasteiger partial charge in [-0.15, -0.1) is 10.2 Å². The zero-order valence-electron chi connectivity index (χ0n) is 15.8. The molecule has 0 aliphatic rings. The van der Waals surface area contributed by atoms with Gasteiger partial charge in [-0.1, -0.05) is 23.8 Å². The molecule has 6 heteroatoms. The summed E-state index contributed by atoms with van der Waals surface area (Å²) >= 11 is 0. The highest BCUT2D eigenvalue weighted by Crippen LogP contribution is 2.23. The number of methoxy groups -OCH3 is 1. The number of carbonyl (C=O) groups is 1. The van der Waals surface area contributed by atoms with Crippen LogP contribution < -0.4 is 15.4 Å².